The van der Waals surface area contributed by atoms with E-state index in [0.29, 0.717) is 47.2 Å². The van der Waals surface area contributed by atoms with Crippen LogP contribution in [-0.2, 0) is 0 Å². The largest absolute Gasteiger partial charge is 0.375 e. The van der Waals surface area contributed by atoms with Crippen molar-refractivity contribution < 1.29 is 13.9 Å². The minimum Gasteiger partial charge on any atom is -0.375 e. The third kappa shape index (κ3) is 4.03. The predicted octanol–water partition coefficient (Wildman–Crippen LogP) is 4.69. The summed E-state index contributed by atoms with van der Waals surface area (Å²) in [5, 5.41) is 20.9. The van der Waals surface area contributed by atoms with Crippen molar-refractivity contribution in [2.24, 2.45) is 0 Å². The van der Waals surface area contributed by atoms with E-state index in [1.165, 1.54) is 24.7 Å². The zero-order chi connectivity index (χ0) is 25.4. The molecule has 10 heteroatoms. The van der Waals surface area contributed by atoms with Gasteiger partial charge in [0.2, 0.25) is 0 Å². The molecule has 5 rings (SSSR count). The van der Waals surface area contributed by atoms with Crippen LogP contribution >= 0.6 is 11.6 Å². The molecule has 0 saturated carbocycles. The van der Waals surface area contributed by atoms with Crippen LogP contribution < -0.4 is 4.90 Å². The van der Waals surface area contributed by atoms with Gasteiger partial charge >= 0.3 is 0 Å². The molecule has 0 bridgehead atoms. The number of rotatable bonds is 5. The molecule has 2 aromatic carbocycles. The molecule has 1 aliphatic heterocycles. The van der Waals surface area contributed by atoms with Crippen molar-refractivity contribution in [1.29, 1.82) is 5.26 Å². The molecule has 2 atom stereocenters. The molecule has 1 fully saturated rings. The number of piperazine rings is 1. The lowest BCUT2D eigenvalue weighted by Gasteiger charge is -2.42. The summed E-state index contributed by atoms with van der Waals surface area (Å²) in [4.78, 5) is 16.7. The summed E-state index contributed by atoms with van der Waals surface area (Å²) < 4.78 is 30.1. The second-order valence-corrected chi connectivity index (χ2v) is 8.87. The zero-order valence-electron chi connectivity index (χ0n) is 19.1. The van der Waals surface area contributed by atoms with E-state index in [4.69, 9.17) is 11.6 Å². The van der Waals surface area contributed by atoms with E-state index in [1.807, 2.05) is 4.90 Å². The van der Waals surface area contributed by atoms with Crippen LogP contribution in [0.2, 0.25) is 5.02 Å². The van der Waals surface area contributed by atoms with Gasteiger partial charge in [0, 0.05) is 42.8 Å². The van der Waals surface area contributed by atoms with E-state index in [1.54, 1.807) is 29.2 Å². The highest BCUT2D eigenvalue weighted by molar-refractivity contribution is 6.36. The van der Waals surface area contributed by atoms with Gasteiger partial charge < -0.3 is 10.0 Å². The van der Waals surface area contributed by atoms with Gasteiger partial charge in [0.25, 0.3) is 0 Å². The molecule has 1 unspecified atom stereocenters. The van der Waals surface area contributed by atoms with Crippen LogP contribution in [0.15, 0.2) is 55.5 Å². The Morgan fingerprint density at radius 1 is 1.22 bits per heavy atom. The Kier molecular flexibility index (Phi) is 6.49. The van der Waals surface area contributed by atoms with E-state index < -0.39 is 17.9 Å². The highest BCUT2D eigenvalue weighted by Crippen LogP contribution is 2.37. The molecule has 0 spiro atoms. The second kappa shape index (κ2) is 9.74. The number of hydrogen-bond acceptors (Lipinski definition) is 7. The number of benzene rings is 2. The molecule has 0 amide bonds. The van der Waals surface area contributed by atoms with Crippen LogP contribution in [0.3, 0.4) is 0 Å². The summed E-state index contributed by atoms with van der Waals surface area (Å²) in [6.07, 6.45) is 3.53. The van der Waals surface area contributed by atoms with Gasteiger partial charge in [-0.15, -0.1) is 0 Å². The Morgan fingerprint density at radius 2 is 2.06 bits per heavy atom. The lowest BCUT2D eigenvalue weighted by atomic mass is 10.0. The molecule has 1 aliphatic rings. The standard InChI is InChI=1S/C26H21ClF2N6O/c1-2-20(36)35-11-10-34(13-16(35)8-9-30)26-18-12-31-24(23(29)25(18)32-14-33-26)17-5-3-4-15-6-7-19(28)22(27)21(15)17/h2-7,12,14,16,20,36H,1,8,10-11,13H2/t16-,20?/m0/s1. The first-order valence-electron chi connectivity index (χ1n) is 11.3. The van der Waals surface area contributed by atoms with Crippen LogP contribution in [0.25, 0.3) is 32.9 Å². The maximum Gasteiger partial charge on any atom is 0.175 e. The molecule has 1 saturated heterocycles. The van der Waals surface area contributed by atoms with Gasteiger partial charge in [-0.05, 0) is 17.5 Å². The van der Waals surface area contributed by atoms with Gasteiger partial charge in [-0.2, -0.15) is 5.26 Å². The topological polar surface area (TPSA) is 89.2 Å². The number of nitriles is 1. The van der Waals surface area contributed by atoms with Crippen LogP contribution in [0.4, 0.5) is 14.6 Å². The van der Waals surface area contributed by atoms with Crippen molar-refractivity contribution in [3.8, 4) is 17.3 Å². The van der Waals surface area contributed by atoms with E-state index in [-0.39, 0.29) is 28.7 Å². The fraction of sp³-hybridized carbons (Fsp3) is 0.231. The van der Waals surface area contributed by atoms with Crippen molar-refractivity contribution in [3.63, 3.8) is 0 Å². The third-order valence-corrected chi connectivity index (χ3v) is 6.87. The first-order chi connectivity index (χ1) is 17.4. The monoisotopic (exact) mass is 506 g/mol. The van der Waals surface area contributed by atoms with Crippen LogP contribution in [0, 0.1) is 23.0 Å². The number of hydrogen-bond donors (Lipinski definition) is 1. The average Bonchev–Trinajstić information content (AvgIpc) is 2.90. The average molecular weight is 507 g/mol. The zero-order valence-corrected chi connectivity index (χ0v) is 19.8. The number of nitrogens with zero attached hydrogens (tertiary/aromatic N) is 6. The van der Waals surface area contributed by atoms with Gasteiger partial charge in [-0.3, -0.25) is 9.88 Å². The first-order valence-corrected chi connectivity index (χ1v) is 11.7. The molecular weight excluding hydrogens is 486 g/mol. The first kappa shape index (κ1) is 24.0. The lowest BCUT2D eigenvalue weighted by Crippen LogP contribution is -2.56. The van der Waals surface area contributed by atoms with Crippen molar-refractivity contribution in [1.82, 2.24) is 19.9 Å². The highest BCUT2D eigenvalue weighted by atomic mass is 35.5. The van der Waals surface area contributed by atoms with Gasteiger partial charge in [0.05, 0.1) is 22.9 Å². The summed E-state index contributed by atoms with van der Waals surface area (Å²) in [6.45, 7) is 4.97. The summed E-state index contributed by atoms with van der Waals surface area (Å²) in [7, 11) is 0. The third-order valence-electron chi connectivity index (χ3n) is 6.50. The van der Waals surface area contributed by atoms with Crippen LogP contribution in [-0.4, -0.2) is 56.9 Å². The number of pyridine rings is 1. The Bertz CT molecular complexity index is 1520. The maximum absolute atomic E-state index is 15.9. The van der Waals surface area contributed by atoms with Crippen molar-refractivity contribution in [2.75, 3.05) is 24.5 Å². The van der Waals surface area contributed by atoms with E-state index in [9.17, 15) is 14.8 Å². The highest BCUT2D eigenvalue weighted by Gasteiger charge is 2.32. The van der Waals surface area contributed by atoms with E-state index >= 15 is 4.39 Å². The number of aliphatic hydroxyl groups excluding tert-OH is 1. The SMILES string of the molecule is C=CC(O)N1CCN(c2ncnc3c(F)c(-c4cccc5ccc(F)c(Cl)c45)ncc23)C[C@@H]1CC#N. The van der Waals surface area contributed by atoms with Crippen LogP contribution in [0.1, 0.15) is 6.42 Å². The van der Waals surface area contributed by atoms with Crippen molar-refractivity contribution in [3.05, 3.63) is 72.2 Å². The molecule has 7 nitrogen and oxygen atoms in total. The fourth-order valence-corrected chi connectivity index (χ4v) is 5.03. The predicted molar refractivity (Wildman–Crippen MR) is 134 cm³/mol. The summed E-state index contributed by atoms with van der Waals surface area (Å²) in [5.41, 5.74) is 0.434. The molecule has 4 aromatic rings. The number of fused-ring (bicyclic) bond motifs is 2. The minimum atomic E-state index is -0.869. The van der Waals surface area contributed by atoms with E-state index in [0.717, 1.165) is 0 Å². The maximum atomic E-state index is 15.9. The fourth-order valence-electron chi connectivity index (χ4n) is 4.76. The smallest absolute Gasteiger partial charge is 0.175 e. The number of anilines is 1. The van der Waals surface area contributed by atoms with Crippen LogP contribution in [0.5, 0.6) is 0 Å². The minimum absolute atomic E-state index is 0.00605. The second-order valence-electron chi connectivity index (χ2n) is 8.49. The number of halogens is 3. The molecule has 3 heterocycles. The van der Waals surface area contributed by atoms with Gasteiger partial charge in [-0.1, -0.05) is 42.4 Å². The van der Waals surface area contributed by atoms with E-state index in [2.05, 4.69) is 27.6 Å². The number of aliphatic hydroxyl groups is 1. The van der Waals surface area contributed by atoms with Crippen molar-refractivity contribution >= 4 is 39.1 Å². The Labute approximate surface area is 210 Å². The summed E-state index contributed by atoms with van der Waals surface area (Å²) >= 11 is 6.25. The molecule has 36 heavy (non-hydrogen) atoms. The van der Waals surface area contributed by atoms with Crippen molar-refractivity contribution in [2.45, 2.75) is 18.7 Å². The number of aromatic nitrogens is 3. The normalized spacial score (nSPS) is 17.3. The Hall–Kier alpha value is -3.71. The molecule has 182 valence electrons. The van der Waals surface area contributed by atoms with Gasteiger partial charge in [-0.25, -0.2) is 18.7 Å². The van der Waals surface area contributed by atoms with Gasteiger partial charge in [0.1, 0.15) is 35.4 Å². The molecule has 0 aliphatic carbocycles. The summed E-state index contributed by atoms with van der Waals surface area (Å²) in [5.74, 6) is -0.788. The Balaban J connectivity index is 1.59. The quantitative estimate of drug-likeness (QED) is 0.393. The summed E-state index contributed by atoms with van der Waals surface area (Å²) in [6, 6.07) is 9.88. The molecular formula is C26H21ClF2N6O. The lowest BCUT2D eigenvalue weighted by molar-refractivity contribution is 0.00441. The van der Waals surface area contributed by atoms with Gasteiger partial charge in [0.15, 0.2) is 5.82 Å². The Morgan fingerprint density at radius 3 is 2.83 bits per heavy atom. The molecule has 2 aromatic heterocycles. The molecule has 1 N–H and O–H groups in total. The molecule has 0 radical (unpaired) electrons.